The van der Waals surface area contributed by atoms with Crippen molar-refractivity contribution in [3.05, 3.63) is 23.8 Å². The van der Waals surface area contributed by atoms with E-state index in [9.17, 15) is 4.79 Å². The van der Waals surface area contributed by atoms with E-state index in [0.717, 1.165) is 30.4 Å². The molecule has 2 aliphatic rings. The van der Waals surface area contributed by atoms with Crippen molar-refractivity contribution in [3.8, 4) is 11.5 Å². The topological polar surface area (TPSA) is 59.4 Å². The van der Waals surface area contributed by atoms with Crippen LogP contribution in [-0.2, 0) is 4.79 Å². The molecule has 0 amide bonds. The SMILES string of the molecule is COc1ccc(C(C=N)C=O)cc1OC1CC2CCC1C2. The number of carbonyl (C=O) groups is 1. The van der Waals surface area contributed by atoms with Crippen LogP contribution in [0.15, 0.2) is 18.2 Å². The van der Waals surface area contributed by atoms with Gasteiger partial charge in [-0.2, -0.15) is 0 Å². The zero-order valence-corrected chi connectivity index (χ0v) is 12.2. The average molecular weight is 287 g/mol. The number of methoxy groups -OCH3 is 1. The lowest BCUT2D eigenvalue weighted by Gasteiger charge is -2.24. The molecule has 3 rings (SSSR count). The van der Waals surface area contributed by atoms with Crippen LogP contribution in [0.4, 0.5) is 0 Å². The number of aldehydes is 1. The van der Waals surface area contributed by atoms with Gasteiger partial charge in [-0.15, -0.1) is 0 Å². The van der Waals surface area contributed by atoms with Gasteiger partial charge >= 0.3 is 0 Å². The highest BCUT2D eigenvalue weighted by Gasteiger charge is 2.41. The molecule has 0 radical (unpaired) electrons. The van der Waals surface area contributed by atoms with Crippen molar-refractivity contribution in [1.82, 2.24) is 0 Å². The second-order valence-electron chi connectivity index (χ2n) is 6.07. The van der Waals surface area contributed by atoms with Crippen molar-refractivity contribution < 1.29 is 14.3 Å². The quantitative estimate of drug-likeness (QED) is 0.645. The van der Waals surface area contributed by atoms with E-state index in [0.29, 0.717) is 17.4 Å². The standard InChI is InChI=1S/C17H21NO3/c1-20-15-5-4-12(14(9-18)10-19)8-17(15)21-16-7-11-2-3-13(16)6-11/h4-5,8-11,13-14,16,18H,2-3,6-7H2,1H3. The Morgan fingerprint density at radius 1 is 1.29 bits per heavy atom. The molecular formula is C17H21NO3. The molecule has 2 saturated carbocycles. The highest BCUT2D eigenvalue weighted by Crippen LogP contribution is 2.47. The molecule has 2 aliphatic carbocycles. The predicted octanol–water partition coefficient (Wildman–Crippen LogP) is 3.19. The molecule has 1 N–H and O–H groups in total. The molecule has 4 unspecified atom stereocenters. The third-order valence-electron chi connectivity index (χ3n) is 4.85. The number of fused-ring (bicyclic) bond motifs is 2. The molecule has 0 spiro atoms. The van der Waals surface area contributed by atoms with Gasteiger partial charge in [0.2, 0.25) is 0 Å². The maximum Gasteiger partial charge on any atom is 0.161 e. The summed E-state index contributed by atoms with van der Waals surface area (Å²) in [5.74, 6) is 2.35. The van der Waals surface area contributed by atoms with Gasteiger partial charge in [-0.3, -0.25) is 0 Å². The largest absolute Gasteiger partial charge is 0.493 e. The Morgan fingerprint density at radius 2 is 2.14 bits per heavy atom. The van der Waals surface area contributed by atoms with E-state index in [1.807, 2.05) is 18.2 Å². The van der Waals surface area contributed by atoms with E-state index in [1.165, 1.54) is 19.3 Å². The summed E-state index contributed by atoms with van der Waals surface area (Å²) in [6.07, 6.45) is 7.19. The van der Waals surface area contributed by atoms with E-state index in [1.54, 1.807) is 7.11 Å². The fourth-order valence-electron chi connectivity index (χ4n) is 3.70. The van der Waals surface area contributed by atoms with Crippen LogP contribution < -0.4 is 9.47 Å². The predicted molar refractivity (Wildman–Crippen MR) is 80.4 cm³/mol. The van der Waals surface area contributed by atoms with Gasteiger partial charge < -0.3 is 19.7 Å². The number of benzene rings is 1. The first-order chi connectivity index (χ1) is 10.2. The van der Waals surface area contributed by atoms with Gasteiger partial charge in [-0.05, 0) is 55.2 Å². The summed E-state index contributed by atoms with van der Waals surface area (Å²) >= 11 is 0. The minimum absolute atomic E-state index is 0.266. The van der Waals surface area contributed by atoms with E-state index >= 15 is 0 Å². The van der Waals surface area contributed by atoms with Gasteiger partial charge in [0.1, 0.15) is 12.4 Å². The molecule has 4 nitrogen and oxygen atoms in total. The first kappa shape index (κ1) is 14.1. The Morgan fingerprint density at radius 3 is 2.71 bits per heavy atom. The molecule has 0 saturated heterocycles. The van der Waals surface area contributed by atoms with Crippen molar-refractivity contribution in [2.24, 2.45) is 11.8 Å². The molecule has 21 heavy (non-hydrogen) atoms. The second kappa shape index (κ2) is 5.88. The van der Waals surface area contributed by atoms with Crippen LogP contribution >= 0.6 is 0 Å². The van der Waals surface area contributed by atoms with Gasteiger partial charge in [0.15, 0.2) is 11.5 Å². The molecule has 1 aromatic carbocycles. The Bertz CT molecular complexity index is 535. The second-order valence-corrected chi connectivity index (χ2v) is 6.07. The van der Waals surface area contributed by atoms with Crippen LogP contribution in [0.1, 0.15) is 37.2 Å². The zero-order valence-electron chi connectivity index (χ0n) is 12.2. The first-order valence-electron chi connectivity index (χ1n) is 7.55. The van der Waals surface area contributed by atoms with Crippen molar-refractivity contribution >= 4 is 12.5 Å². The number of hydrogen-bond donors (Lipinski definition) is 1. The Labute approximate surface area is 125 Å². The Hall–Kier alpha value is -1.84. The molecule has 0 aromatic heterocycles. The van der Waals surface area contributed by atoms with Crippen LogP contribution in [0.25, 0.3) is 0 Å². The molecule has 0 aliphatic heterocycles. The molecular weight excluding hydrogens is 266 g/mol. The number of carbonyl (C=O) groups excluding carboxylic acids is 1. The average Bonchev–Trinajstić information content (AvgIpc) is 3.11. The number of rotatable bonds is 6. The third-order valence-corrected chi connectivity index (χ3v) is 4.85. The van der Waals surface area contributed by atoms with Crippen LogP contribution in [0.3, 0.4) is 0 Å². The molecule has 4 atom stereocenters. The minimum Gasteiger partial charge on any atom is -0.493 e. The summed E-state index contributed by atoms with van der Waals surface area (Å²) in [4.78, 5) is 11.0. The molecule has 0 heterocycles. The third kappa shape index (κ3) is 2.67. The Kier molecular flexibility index (Phi) is 3.95. The van der Waals surface area contributed by atoms with Crippen LogP contribution in [0.2, 0.25) is 0 Å². The maximum absolute atomic E-state index is 11.0. The first-order valence-corrected chi connectivity index (χ1v) is 7.55. The van der Waals surface area contributed by atoms with Gasteiger partial charge in [0, 0.05) is 6.21 Å². The van der Waals surface area contributed by atoms with Crippen molar-refractivity contribution in [3.63, 3.8) is 0 Å². The zero-order chi connectivity index (χ0) is 14.8. The van der Waals surface area contributed by atoms with E-state index < -0.39 is 5.92 Å². The lowest BCUT2D eigenvalue weighted by Crippen LogP contribution is -2.23. The van der Waals surface area contributed by atoms with Gasteiger partial charge in [-0.25, -0.2) is 0 Å². The maximum atomic E-state index is 11.0. The number of hydrogen-bond acceptors (Lipinski definition) is 4. The fourth-order valence-corrected chi connectivity index (χ4v) is 3.70. The van der Waals surface area contributed by atoms with Gasteiger partial charge in [-0.1, -0.05) is 6.07 Å². The van der Waals surface area contributed by atoms with Crippen molar-refractivity contribution in [2.75, 3.05) is 7.11 Å². The molecule has 2 bridgehead atoms. The normalized spacial score (nSPS) is 28.1. The summed E-state index contributed by atoms with van der Waals surface area (Å²) in [5, 5.41) is 7.33. The highest BCUT2D eigenvalue weighted by molar-refractivity contribution is 5.86. The fraction of sp³-hybridized carbons (Fsp3) is 0.529. The highest BCUT2D eigenvalue weighted by atomic mass is 16.5. The van der Waals surface area contributed by atoms with E-state index in [2.05, 4.69) is 0 Å². The summed E-state index contributed by atoms with van der Waals surface area (Å²) < 4.78 is 11.6. The number of nitrogens with one attached hydrogen (secondary N) is 1. The molecule has 1 aromatic rings. The lowest BCUT2D eigenvalue weighted by atomic mass is 9.97. The molecule has 2 fully saturated rings. The van der Waals surface area contributed by atoms with Crippen LogP contribution in [0.5, 0.6) is 11.5 Å². The monoisotopic (exact) mass is 287 g/mol. The van der Waals surface area contributed by atoms with Crippen LogP contribution in [-0.4, -0.2) is 25.7 Å². The van der Waals surface area contributed by atoms with Gasteiger partial charge in [0.05, 0.1) is 13.0 Å². The molecule has 112 valence electrons. The summed E-state index contributed by atoms with van der Waals surface area (Å²) in [6.45, 7) is 0. The summed E-state index contributed by atoms with van der Waals surface area (Å²) in [7, 11) is 1.62. The van der Waals surface area contributed by atoms with E-state index in [-0.39, 0.29) is 6.10 Å². The van der Waals surface area contributed by atoms with E-state index in [4.69, 9.17) is 14.9 Å². The minimum atomic E-state index is -0.515. The Balaban J connectivity index is 1.83. The smallest absolute Gasteiger partial charge is 0.161 e. The van der Waals surface area contributed by atoms with Crippen molar-refractivity contribution in [1.29, 1.82) is 5.41 Å². The van der Waals surface area contributed by atoms with Crippen molar-refractivity contribution in [2.45, 2.75) is 37.7 Å². The number of ether oxygens (including phenoxy) is 2. The summed E-state index contributed by atoms with van der Waals surface area (Å²) in [5.41, 5.74) is 0.777. The van der Waals surface area contributed by atoms with Crippen LogP contribution in [0, 0.1) is 17.2 Å². The lowest BCUT2D eigenvalue weighted by molar-refractivity contribution is -0.107. The van der Waals surface area contributed by atoms with Gasteiger partial charge in [0.25, 0.3) is 0 Å². The summed E-state index contributed by atoms with van der Waals surface area (Å²) in [6, 6.07) is 5.48. The molecule has 4 heteroatoms.